The SMILES string of the molecule is CC(CN)C(=O)NCC1(c2ccc(Br)cc2)CCCC1.Cl. The molecule has 3 nitrogen and oxygen atoms in total. The van der Waals surface area contributed by atoms with E-state index in [0.29, 0.717) is 6.54 Å². The van der Waals surface area contributed by atoms with Crippen LogP contribution in [0.15, 0.2) is 28.7 Å². The number of carbonyl (C=O) groups is 1. The maximum Gasteiger partial charge on any atom is 0.224 e. The van der Waals surface area contributed by atoms with E-state index in [9.17, 15) is 4.79 Å². The second-order valence-corrected chi connectivity index (χ2v) is 6.76. The van der Waals surface area contributed by atoms with Gasteiger partial charge in [-0.3, -0.25) is 4.79 Å². The number of carbonyl (C=O) groups excluding carboxylic acids is 1. The zero-order valence-corrected chi connectivity index (χ0v) is 14.8. The van der Waals surface area contributed by atoms with Crippen molar-refractivity contribution in [3.8, 4) is 0 Å². The van der Waals surface area contributed by atoms with Crippen LogP contribution >= 0.6 is 28.3 Å². The predicted octanol–water partition coefficient (Wildman–Crippen LogP) is 3.39. The third-order valence-electron chi connectivity index (χ3n) is 4.42. The summed E-state index contributed by atoms with van der Waals surface area (Å²) in [6.45, 7) is 2.99. The number of halogens is 2. The van der Waals surface area contributed by atoms with Crippen molar-refractivity contribution in [2.75, 3.05) is 13.1 Å². The highest BCUT2D eigenvalue weighted by Gasteiger charge is 2.36. The van der Waals surface area contributed by atoms with Gasteiger partial charge in [0, 0.05) is 28.9 Å². The molecule has 0 heterocycles. The summed E-state index contributed by atoms with van der Waals surface area (Å²) in [6, 6.07) is 8.52. The maximum atomic E-state index is 12.0. The summed E-state index contributed by atoms with van der Waals surface area (Å²) in [7, 11) is 0. The van der Waals surface area contributed by atoms with Crippen molar-refractivity contribution in [1.82, 2.24) is 5.32 Å². The van der Waals surface area contributed by atoms with Crippen molar-refractivity contribution >= 4 is 34.2 Å². The first kappa shape index (κ1) is 18.5. The molecule has 1 aromatic rings. The van der Waals surface area contributed by atoms with E-state index in [4.69, 9.17) is 5.73 Å². The van der Waals surface area contributed by atoms with Gasteiger partial charge in [0.15, 0.2) is 0 Å². The minimum atomic E-state index is -0.113. The molecule has 1 aliphatic rings. The molecular weight excluding hydrogens is 352 g/mol. The maximum absolute atomic E-state index is 12.0. The number of nitrogens with two attached hydrogens (primary N) is 1. The standard InChI is InChI=1S/C16H23BrN2O.ClH/c1-12(10-18)15(20)19-11-16(8-2-3-9-16)13-4-6-14(17)7-5-13;/h4-7,12H,2-3,8-11,18H2,1H3,(H,19,20);1H. The molecule has 1 atom stereocenters. The van der Waals surface area contributed by atoms with E-state index in [-0.39, 0.29) is 29.6 Å². The average molecular weight is 376 g/mol. The topological polar surface area (TPSA) is 55.1 Å². The van der Waals surface area contributed by atoms with Gasteiger partial charge < -0.3 is 11.1 Å². The molecule has 2 rings (SSSR count). The van der Waals surface area contributed by atoms with E-state index < -0.39 is 0 Å². The Balaban J connectivity index is 0.00000220. The van der Waals surface area contributed by atoms with Gasteiger partial charge >= 0.3 is 0 Å². The first-order valence-corrected chi connectivity index (χ1v) is 8.10. The van der Waals surface area contributed by atoms with Crippen LogP contribution in [0.1, 0.15) is 38.2 Å². The Morgan fingerprint density at radius 1 is 1.33 bits per heavy atom. The molecule has 1 aromatic carbocycles. The van der Waals surface area contributed by atoms with Gasteiger partial charge in [-0.05, 0) is 30.5 Å². The summed E-state index contributed by atoms with van der Waals surface area (Å²) in [4.78, 5) is 12.0. The molecule has 0 aliphatic heterocycles. The molecule has 118 valence electrons. The molecule has 0 spiro atoms. The molecule has 1 fully saturated rings. The molecule has 1 saturated carbocycles. The second-order valence-electron chi connectivity index (χ2n) is 5.85. The summed E-state index contributed by atoms with van der Waals surface area (Å²) in [5.74, 6) is -0.0470. The minimum absolute atomic E-state index is 0. The first-order chi connectivity index (χ1) is 9.57. The summed E-state index contributed by atoms with van der Waals surface area (Å²) < 4.78 is 1.09. The lowest BCUT2D eigenvalue weighted by Gasteiger charge is -2.30. The van der Waals surface area contributed by atoms with Crippen LogP contribution in [0.25, 0.3) is 0 Å². The molecule has 3 N–H and O–H groups in total. The number of amides is 1. The predicted molar refractivity (Wildman–Crippen MR) is 92.8 cm³/mol. The normalized spacial score (nSPS) is 17.9. The van der Waals surface area contributed by atoms with E-state index >= 15 is 0 Å². The number of benzene rings is 1. The monoisotopic (exact) mass is 374 g/mol. The van der Waals surface area contributed by atoms with Crippen molar-refractivity contribution in [3.63, 3.8) is 0 Å². The zero-order chi connectivity index (χ0) is 14.6. The fourth-order valence-electron chi connectivity index (χ4n) is 2.96. The fourth-order valence-corrected chi connectivity index (χ4v) is 3.22. The van der Waals surface area contributed by atoms with Crippen LogP contribution in [-0.4, -0.2) is 19.0 Å². The Kier molecular flexibility index (Phi) is 7.17. The molecule has 1 aliphatic carbocycles. The van der Waals surface area contributed by atoms with Crippen molar-refractivity contribution in [2.24, 2.45) is 11.7 Å². The highest BCUT2D eigenvalue weighted by atomic mass is 79.9. The Hall–Kier alpha value is -0.580. The van der Waals surface area contributed by atoms with Gasteiger partial charge in [-0.25, -0.2) is 0 Å². The molecule has 0 radical (unpaired) electrons. The summed E-state index contributed by atoms with van der Waals surface area (Å²) >= 11 is 3.48. The van der Waals surface area contributed by atoms with Crippen molar-refractivity contribution in [2.45, 2.75) is 38.0 Å². The Bertz CT molecular complexity index is 458. The Morgan fingerprint density at radius 2 is 1.90 bits per heavy atom. The van der Waals surface area contributed by atoms with Crippen LogP contribution in [0.2, 0.25) is 0 Å². The van der Waals surface area contributed by atoms with E-state index in [0.717, 1.165) is 23.9 Å². The summed E-state index contributed by atoms with van der Waals surface area (Å²) in [5.41, 5.74) is 6.99. The van der Waals surface area contributed by atoms with Gasteiger partial charge in [0.2, 0.25) is 5.91 Å². The van der Waals surface area contributed by atoms with E-state index in [2.05, 4.69) is 45.5 Å². The lowest BCUT2D eigenvalue weighted by Crippen LogP contribution is -2.42. The molecule has 21 heavy (non-hydrogen) atoms. The van der Waals surface area contributed by atoms with Crippen molar-refractivity contribution in [1.29, 1.82) is 0 Å². The summed E-state index contributed by atoms with van der Waals surface area (Å²) in [5, 5.41) is 3.10. The van der Waals surface area contributed by atoms with Gasteiger partial charge in [0.1, 0.15) is 0 Å². The number of hydrogen-bond donors (Lipinski definition) is 2. The molecular formula is C16H24BrClN2O. The molecule has 0 aromatic heterocycles. The van der Waals surface area contributed by atoms with Gasteiger partial charge in [-0.1, -0.05) is 47.8 Å². The van der Waals surface area contributed by atoms with E-state index in [1.807, 2.05) is 6.92 Å². The Morgan fingerprint density at radius 3 is 2.43 bits per heavy atom. The average Bonchev–Trinajstić information content (AvgIpc) is 2.94. The Labute approximate surface area is 141 Å². The first-order valence-electron chi connectivity index (χ1n) is 7.31. The minimum Gasteiger partial charge on any atom is -0.355 e. The van der Waals surface area contributed by atoms with Gasteiger partial charge in [0.25, 0.3) is 0 Å². The lowest BCUT2D eigenvalue weighted by atomic mass is 9.78. The van der Waals surface area contributed by atoms with Crippen molar-refractivity contribution in [3.05, 3.63) is 34.3 Å². The lowest BCUT2D eigenvalue weighted by molar-refractivity contribution is -0.124. The van der Waals surface area contributed by atoms with Crippen LogP contribution in [0.4, 0.5) is 0 Å². The van der Waals surface area contributed by atoms with Crippen LogP contribution in [0.3, 0.4) is 0 Å². The fraction of sp³-hybridized carbons (Fsp3) is 0.562. The largest absolute Gasteiger partial charge is 0.355 e. The molecule has 1 amide bonds. The highest BCUT2D eigenvalue weighted by molar-refractivity contribution is 9.10. The number of rotatable bonds is 5. The molecule has 0 bridgehead atoms. The van der Waals surface area contributed by atoms with E-state index in [1.54, 1.807) is 0 Å². The number of nitrogens with one attached hydrogen (secondary N) is 1. The highest BCUT2D eigenvalue weighted by Crippen LogP contribution is 2.40. The second kappa shape index (κ2) is 8.16. The van der Waals surface area contributed by atoms with Gasteiger partial charge in [-0.2, -0.15) is 0 Å². The van der Waals surface area contributed by atoms with E-state index in [1.165, 1.54) is 18.4 Å². The smallest absolute Gasteiger partial charge is 0.224 e. The number of hydrogen-bond acceptors (Lipinski definition) is 2. The summed E-state index contributed by atoms with van der Waals surface area (Å²) in [6.07, 6.45) is 4.76. The van der Waals surface area contributed by atoms with Crippen molar-refractivity contribution < 1.29 is 4.79 Å². The molecule has 5 heteroatoms. The van der Waals surface area contributed by atoms with Gasteiger partial charge in [-0.15, -0.1) is 12.4 Å². The quantitative estimate of drug-likeness (QED) is 0.829. The van der Waals surface area contributed by atoms with Crippen LogP contribution in [-0.2, 0) is 10.2 Å². The molecule has 0 saturated heterocycles. The third-order valence-corrected chi connectivity index (χ3v) is 4.95. The van der Waals surface area contributed by atoms with Gasteiger partial charge in [0.05, 0.1) is 0 Å². The van der Waals surface area contributed by atoms with Crippen LogP contribution < -0.4 is 11.1 Å². The third kappa shape index (κ3) is 4.44. The van der Waals surface area contributed by atoms with Crippen LogP contribution in [0, 0.1) is 5.92 Å². The zero-order valence-electron chi connectivity index (χ0n) is 12.4. The van der Waals surface area contributed by atoms with Crippen LogP contribution in [0.5, 0.6) is 0 Å². The molecule has 1 unspecified atom stereocenters.